The minimum absolute atomic E-state index is 0.0319. The standard InChI is InChI=1S/C21H33N3O5S2/c1-4-30(26,27)23-14-12-18(13-15-23)21(25)22-19-8-10-20(11-9-19)31(28,29)24-16(2)6-5-7-17(24)3/h8-11,16-18H,4-7,12-15H2,1-3H3,(H,22,25)/t16-,17-/m1/s1. The Labute approximate surface area is 186 Å². The minimum Gasteiger partial charge on any atom is -0.326 e. The second-order valence-corrected chi connectivity index (χ2v) is 12.7. The largest absolute Gasteiger partial charge is 0.326 e. The van der Waals surface area contributed by atoms with Crippen molar-refractivity contribution in [2.24, 2.45) is 5.92 Å². The van der Waals surface area contributed by atoms with Gasteiger partial charge in [0.1, 0.15) is 0 Å². The molecule has 2 saturated heterocycles. The molecule has 1 aromatic carbocycles. The lowest BCUT2D eigenvalue weighted by atomic mass is 9.97. The number of hydrogen-bond acceptors (Lipinski definition) is 5. The molecule has 0 aliphatic carbocycles. The van der Waals surface area contributed by atoms with E-state index in [1.165, 1.54) is 16.4 Å². The van der Waals surface area contributed by atoms with Crippen molar-refractivity contribution >= 4 is 31.6 Å². The van der Waals surface area contributed by atoms with Crippen LogP contribution in [-0.2, 0) is 24.8 Å². The van der Waals surface area contributed by atoms with E-state index < -0.39 is 20.0 Å². The van der Waals surface area contributed by atoms with Crippen molar-refractivity contribution < 1.29 is 21.6 Å². The Bertz CT molecular complexity index is 974. The van der Waals surface area contributed by atoms with Gasteiger partial charge >= 0.3 is 0 Å². The molecule has 1 aromatic rings. The third-order valence-electron chi connectivity index (χ3n) is 6.39. The maximum absolute atomic E-state index is 13.1. The molecule has 10 heteroatoms. The fourth-order valence-electron chi connectivity index (χ4n) is 4.53. The van der Waals surface area contributed by atoms with Crippen LogP contribution in [0.2, 0.25) is 0 Å². The topological polar surface area (TPSA) is 104 Å². The summed E-state index contributed by atoms with van der Waals surface area (Å²) in [5.74, 6) is -0.363. The van der Waals surface area contributed by atoms with Gasteiger partial charge < -0.3 is 5.32 Å². The highest BCUT2D eigenvalue weighted by molar-refractivity contribution is 7.89. The zero-order chi connectivity index (χ0) is 22.8. The molecule has 31 heavy (non-hydrogen) atoms. The molecule has 2 heterocycles. The highest BCUT2D eigenvalue weighted by Gasteiger charge is 2.35. The van der Waals surface area contributed by atoms with Crippen LogP contribution >= 0.6 is 0 Å². The van der Waals surface area contributed by atoms with E-state index in [9.17, 15) is 21.6 Å². The second kappa shape index (κ2) is 9.56. The lowest BCUT2D eigenvalue weighted by Crippen LogP contribution is -2.47. The van der Waals surface area contributed by atoms with Gasteiger partial charge in [0.25, 0.3) is 0 Å². The molecule has 0 aromatic heterocycles. The zero-order valence-corrected chi connectivity index (χ0v) is 20.1. The van der Waals surface area contributed by atoms with Crippen LogP contribution in [0.3, 0.4) is 0 Å². The quantitative estimate of drug-likeness (QED) is 0.687. The highest BCUT2D eigenvalue weighted by atomic mass is 32.2. The van der Waals surface area contributed by atoms with Crippen LogP contribution in [0.1, 0.15) is 52.9 Å². The van der Waals surface area contributed by atoms with Gasteiger partial charge in [-0.25, -0.2) is 21.1 Å². The lowest BCUT2D eigenvalue weighted by Gasteiger charge is -2.37. The summed E-state index contributed by atoms with van der Waals surface area (Å²) in [6, 6.07) is 6.23. The van der Waals surface area contributed by atoms with Crippen LogP contribution in [0, 0.1) is 5.92 Å². The van der Waals surface area contributed by atoms with Crippen molar-refractivity contribution in [1.82, 2.24) is 8.61 Å². The van der Waals surface area contributed by atoms with Crippen LogP contribution in [0.25, 0.3) is 0 Å². The molecular formula is C21H33N3O5S2. The second-order valence-electron chi connectivity index (χ2n) is 8.55. The predicted molar refractivity (Wildman–Crippen MR) is 121 cm³/mol. The van der Waals surface area contributed by atoms with Gasteiger partial charge in [-0.15, -0.1) is 0 Å². The zero-order valence-electron chi connectivity index (χ0n) is 18.5. The molecule has 1 amide bonds. The number of rotatable bonds is 6. The first-order valence-corrected chi connectivity index (χ1v) is 14.0. The average Bonchev–Trinajstić information content (AvgIpc) is 2.74. The fourth-order valence-corrected chi connectivity index (χ4v) is 7.54. The smallest absolute Gasteiger partial charge is 0.243 e. The van der Waals surface area contributed by atoms with Gasteiger partial charge in [-0.2, -0.15) is 4.31 Å². The van der Waals surface area contributed by atoms with E-state index in [4.69, 9.17) is 0 Å². The Morgan fingerprint density at radius 1 is 0.968 bits per heavy atom. The van der Waals surface area contributed by atoms with E-state index in [0.29, 0.717) is 31.6 Å². The highest BCUT2D eigenvalue weighted by Crippen LogP contribution is 2.30. The van der Waals surface area contributed by atoms with E-state index >= 15 is 0 Å². The molecule has 3 rings (SSSR count). The number of nitrogens with zero attached hydrogens (tertiary/aromatic N) is 2. The molecule has 0 saturated carbocycles. The molecule has 8 nitrogen and oxygen atoms in total. The van der Waals surface area contributed by atoms with Crippen LogP contribution in [0.15, 0.2) is 29.2 Å². The molecule has 0 unspecified atom stereocenters. The van der Waals surface area contributed by atoms with Gasteiger partial charge in [-0.1, -0.05) is 6.42 Å². The molecule has 2 aliphatic heterocycles. The summed E-state index contributed by atoms with van der Waals surface area (Å²) in [7, 11) is -6.82. The Morgan fingerprint density at radius 2 is 1.52 bits per heavy atom. The predicted octanol–water partition coefficient (Wildman–Crippen LogP) is 2.64. The Hall–Kier alpha value is -1.49. The van der Waals surface area contributed by atoms with E-state index in [2.05, 4.69) is 5.32 Å². The Kier molecular flexibility index (Phi) is 7.45. The number of benzene rings is 1. The molecule has 0 spiro atoms. The van der Waals surface area contributed by atoms with Crippen molar-refractivity contribution in [3.8, 4) is 0 Å². The maximum Gasteiger partial charge on any atom is 0.243 e. The number of amides is 1. The molecule has 174 valence electrons. The normalized spacial score (nSPS) is 24.7. The number of carbonyl (C=O) groups is 1. The molecule has 0 radical (unpaired) electrons. The average molecular weight is 472 g/mol. The van der Waals surface area contributed by atoms with Gasteiger partial charge in [0.15, 0.2) is 0 Å². The van der Waals surface area contributed by atoms with Crippen LogP contribution in [0.4, 0.5) is 5.69 Å². The molecule has 1 N–H and O–H groups in total. The minimum atomic E-state index is -3.59. The summed E-state index contributed by atoms with van der Waals surface area (Å²) < 4.78 is 53.2. The summed E-state index contributed by atoms with van der Waals surface area (Å²) in [5, 5.41) is 2.84. The monoisotopic (exact) mass is 471 g/mol. The van der Waals surface area contributed by atoms with Gasteiger partial charge in [0.05, 0.1) is 10.6 Å². The first-order valence-electron chi connectivity index (χ1n) is 11.0. The van der Waals surface area contributed by atoms with E-state index in [1.807, 2.05) is 13.8 Å². The van der Waals surface area contributed by atoms with Crippen LogP contribution < -0.4 is 5.32 Å². The number of sulfonamides is 2. The number of anilines is 1. The van der Waals surface area contributed by atoms with Crippen LogP contribution in [-0.4, -0.2) is 62.3 Å². The van der Waals surface area contributed by atoms with E-state index in [0.717, 1.165) is 19.3 Å². The van der Waals surface area contributed by atoms with Gasteiger partial charge in [-0.3, -0.25) is 4.79 Å². The summed E-state index contributed by atoms with van der Waals surface area (Å²) in [6.45, 7) is 6.19. The van der Waals surface area contributed by atoms with Crippen LogP contribution in [0.5, 0.6) is 0 Å². The van der Waals surface area contributed by atoms with Crippen molar-refractivity contribution in [2.45, 2.75) is 69.9 Å². The van der Waals surface area contributed by atoms with E-state index in [1.54, 1.807) is 23.4 Å². The summed E-state index contributed by atoms with van der Waals surface area (Å²) in [4.78, 5) is 12.8. The summed E-state index contributed by atoms with van der Waals surface area (Å²) >= 11 is 0. The maximum atomic E-state index is 13.1. The first kappa shape index (κ1) is 24.2. The molecular weight excluding hydrogens is 438 g/mol. The third kappa shape index (κ3) is 5.30. The molecule has 2 atom stereocenters. The van der Waals surface area contributed by atoms with Gasteiger partial charge in [0, 0.05) is 36.8 Å². The third-order valence-corrected chi connectivity index (χ3v) is 10.4. The molecule has 2 fully saturated rings. The number of nitrogens with one attached hydrogen (secondary N) is 1. The first-order chi connectivity index (χ1) is 14.6. The number of carbonyl (C=O) groups excluding carboxylic acids is 1. The van der Waals surface area contributed by atoms with Crippen molar-refractivity contribution in [1.29, 1.82) is 0 Å². The summed E-state index contributed by atoms with van der Waals surface area (Å²) in [6.07, 6.45) is 3.69. The van der Waals surface area contributed by atoms with Crippen molar-refractivity contribution in [3.05, 3.63) is 24.3 Å². The number of piperidine rings is 2. The number of hydrogen-bond donors (Lipinski definition) is 1. The Morgan fingerprint density at radius 3 is 2.03 bits per heavy atom. The SMILES string of the molecule is CCS(=O)(=O)N1CCC(C(=O)Nc2ccc(S(=O)(=O)N3[C@H](C)CCC[C@H]3C)cc2)CC1. The molecule has 0 bridgehead atoms. The van der Waals surface area contributed by atoms with Gasteiger partial charge in [0.2, 0.25) is 26.0 Å². The summed E-state index contributed by atoms with van der Waals surface area (Å²) in [5.41, 5.74) is 0.535. The van der Waals surface area contributed by atoms with Gasteiger partial charge in [-0.05, 0) is 70.7 Å². The fraction of sp³-hybridized carbons (Fsp3) is 0.667. The lowest BCUT2D eigenvalue weighted by molar-refractivity contribution is -0.120. The Balaban J connectivity index is 1.63. The van der Waals surface area contributed by atoms with E-state index in [-0.39, 0.29) is 34.6 Å². The molecule has 2 aliphatic rings. The van der Waals surface area contributed by atoms with Crippen molar-refractivity contribution in [2.75, 3.05) is 24.2 Å². The van der Waals surface area contributed by atoms with Crippen molar-refractivity contribution in [3.63, 3.8) is 0 Å².